The molecule has 0 aromatic heterocycles. The number of halogens is 1. The van der Waals surface area contributed by atoms with Crippen LogP contribution in [0.25, 0.3) is 0 Å². The van der Waals surface area contributed by atoms with Crippen LogP contribution >= 0.6 is 11.6 Å². The minimum absolute atomic E-state index is 0.00450. The summed E-state index contributed by atoms with van der Waals surface area (Å²) in [6.45, 7) is 1.24. The van der Waals surface area contributed by atoms with E-state index in [0.717, 1.165) is 41.3 Å². The first-order chi connectivity index (χ1) is 16.2. The molecule has 5 fully saturated rings. The molecule has 7 rings (SSSR count). The molecule has 1 aromatic rings. The van der Waals surface area contributed by atoms with E-state index in [1.165, 1.54) is 31.4 Å². The van der Waals surface area contributed by atoms with E-state index in [2.05, 4.69) is 10.6 Å². The number of sulfonamides is 1. The number of likely N-dealkylation sites (tertiary alicyclic amines) is 1. The van der Waals surface area contributed by atoms with Gasteiger partial charge in [-0.15, -0.1) is 0 Å². The molecular weight excluding hydrogens is 476 g/mol. The van der Waals surface area contributed by atoms with Gasteiger partial charge in [-0.1, -0.05) is 11.6 Å². The van der Waals surface area contributed by atoms with Gasteiger partial charge in [-0.05, 0) is 93.2 Å². The molecule has 8 nitrogen and oxygen atoms in total. The van der Waals surface area contributed by atoms with Gasteiger partial charge >= 0.3 is 12.1 Å². The third-order valence-electron chi connectivity index (χ3n) is 8.72. The molecule has 4 saturated carbocycles. The SMILES string of the molecule is O=C(NC12CC3CC(CC(C3)C1)C2)N1CCC(CN2C(=O)Nc3ccc(Cl)cc3S2(=O)=O)CC1. The van der Waals surface area contributed by atoms with Gasteiger partial charge in [-0.25, -0.2) is 22.3 Å². The Morgan fingerprint density at radius 3 is 2.32 bits per heavy atom. The van der Waals surface area contributed by atoms with E-state index in [0.29, 0.717) is 31.0 Å². The van der Waals surface area contributed by atoms with Crippen molar-refractivity contribution >= 4 is 39.4 Å². The maximum Gasteiger partial charge on any atom is 0.335 e. The van der Waals surface area contributed by atoms with Gasteiger partial charge < -0.3 is 15.5 Å². The second-order valence-corrected chi connectivity index (χ2v) is 13.4. The fraction of sp³-hybridized carbons (Fsp3) is 0.667. The number of hydrogen-bond donors (Lipinski definition) is 2. The van der Waals surface area contributed by atoms with Gasteiger partial charge in [0, 0.05) is 30.2 Å². The average molecular weight is 507 g/mol. The van der Waals surface area contributed by atoms with Crippen LogP contribution < -0.4 is 10.6 Å². The Balaban J connectivity index is 1.07. The molecular formula is C24H31ClN4O4S. The first-order valence-corrected chi connectivity index (χ1v) is 14.2. The molecule has 2 N–H and O–H groups in total. The van der Waals surface area contributed by atoms with Gasteiger partial charge in [0.1, 0.15) is 4.90 Å². The van der Waals surface area contributed by atoms with Gasteiger partial charge in [0.25, 0.3) is 10.0 Å². The molecule has 0 radical (unpaired) electrons. The quantitative estimate of drug-likeness (QED) is 0.639. The second kappa shape index (κ2) is 8.01. The van der Waals surface area contributed by atoms with Crippen LogP contribution in [0.5, 0.6) is 0 Å². The van der Waals surface area contributed by atoms with E-state index < -0.39 is 16.1 Å². The summed E-state index contributed by atoms with van der Waals surface area (Å²) in [6.07, 6.45) is 8.70. The number of anilines is 1. The topological polar surface area (TPSA) is 98.8 Å². The van der Waals surface area contributed by atoms with Crippen LogP contribution in [0.4, 0.5) is 15.3 Å². The lowest BCUT2D eigenvalue weighted by molar-refractivity contribution is -0.0162. The third-order valence-corrected chi connectivity index (χ3v) is 10.7. The Bertz CT molecular complexity index is 1100. The summed E-state index contributed by atoms with van der Waals surface area (Å²) in [7, 11) is -3.97. The number of urea groups is 2. The smallest absolute Gasteiger partial charge is 0.333 e. The second-order valence-electron chi connectivity index (χ2n) is 11.2. The summed E-state index contributed by atoms with van der Waals surface area (Å²) >= 11 is 6.00. The molecule has 1 aromatic carbocycles. The van der Waals surface area contributed by atoms with Gasteiger partial charge in [0.2, 0.25) is 0 Å². The minimum Gasteiger partial charge on any atom is -0.333 e. The summed E-state index contributed by atoms with van der Waals surface area (Å²) in [5, 5.41) is 6.39. The maximum atomic E-state index is 13.1. The molecule has 4 amide bonds. The van der Waals surface area contributed by atoms with Crippen molar-refractivity contribution in [2.24, 2.45) is 23.7 Å². The van der Waals surface area contributed by atoms with Crippen LogP contribution in [0.1, 0.15) is 51.4 Å². The molecule has 10 heteroatoms. The number of amides is 4. The van der Waals surface area contributed by atoms with Crippen LogP contribution in [0.3, 0.4) is 0 Å². The van der Waals surface area contributed by atoms with Crippen molar-refractivity contribution in [3.63, 3.8) is 0 Å². The minimum atomic E-state index is -3.97. The fourth-order valence-electron chi connectivity index (χ4n) is 7.52. The zero-order valence-corrected chi connectivity index (χ0v) is 20.7. The summed E-state index contributed by atoms with van der Waals surface area (Å²) in [4.78, 5) is 27.6. The van der Waals surface area contributed by atoms with Crippen molar-refractivity contribution in [1.82, 2.24) is 14.5 Å². The number of hydrogen-bond acceptors (Lipinski definition) is 4. The Kier molecular flexibility index (Phi) is 5.30. The number of rotatable bonds is 3. The maximum absolute atomic E-state index is 13.1. The summed E-state index contributed by atoms with van der Waals surface area (Å²) < 4.78 is 27.1. The third kappa shape index (κ3) is 3.85. The van der Waals surface area contributed by atoms with Crippen molar-refractivity contribution in [2.45, 2.75) is 61.8 Å². The van der Waals surface area contributed by atoms with Crippen molar-refractivity contribution in [3.05, 3.63) is 23.2 Å². The molecule has 4 aliphatic carbocycles. The molecule has 1 saturated heterocycles. The predicted octanol–water partition coefficient (Wildman–Crippen LogP) is 4.27. The molecule has 6 aliphatic rings. The lowest BCUT2D eigenvalue weighted by atomic mass is 9.53. The van der Waals surface area contributed by atoms with Crippen LogP contribution in [-0.2, 0) is 10.0 Å². The number of piperidine rings is 1. The largest absolute Gasteiger partial charge is 0.335 e. The number of nitrogens with zero attached hydrogens (tertiary/aromatic N) is 2. The molecule has 184 valence electrons. The van der Waals surface area contributed by atoms with E-state index >= 15 is 0 Å². The highest BCUT2D eigenvalue weighted by Gasteiger charge is 2.52. The monoisotopic (exact) mass is 506 g/mol. The van der Waals surface area contributed by atoms with Gasteiger partial charge in [0.05, 0.1) is 5.69 Å². The Morgan fingerprint density at radius 1 is 1.09 bits per heavy atom. The number of carbonyl (C=O) groups is 2. The molecule has 2 aliphatic heterocycles. The van der Waals surface area contributed by atoms with Gasteiger partial charge in [0.15, 0.2) is 0 Å². The molecule has 0 atom stereocenters. The first-order valence-electron chi connectivity index (χ1n) is 12.4. The van der Waals surface area contributed by atoms with Crippen molar-refractivity contribution < 1.29 is 18.0 Å². The van der Waals surface area contributed by atoms with Crippen LogP contribution in [0, 0.1) is 23.7 Å². The highest BCUT2D eigenvalue weighted by molar-refractivity contribution is 7.90. The Labute approximate surface area is 205 Å². The van der Waals surface area contributed by atoms with Crippen LogP contribution in [0.15, 0.2) is 23.1 Å². The molecule has 0 unspecified atom stereocenters. The number of carbonyl (C=O) groups excluding carboxylic acids is 2. The van der Waals surface area contributed by atoms with Crippen LogP contribution in [0.2, 0.25) is 5.02 Å². The zero-order chi connectivity index (χ0) is 23.7. The van der Waals surface area contributed by atoms with Gasteiger partial charge in [-0.2, -0.15) is 0 Å². The Morgan fingerprint density at radius 2 is 1.71 bits per heavy atom. The van der Waals surface area contributed by atoms with E-state index in [9.17, 15) is 18.0 Å². The number of nitrogens with one attached hydrogen (secondary N) is 2. The van der Waals surface area contributed by atoms with E-state index in [1.807, 2.05) is 4.90 Å². The van der Waals surface area contributed by atoms with Crippen molar-refractivity contribution in [1.29, 1.82) is 0 Å². The number of benzene rings is 1. The highest BCUT2D eigenvalue weighted by Crippen LogP contribution is 2.55. The van der Waals surface area contributed by atoms with Gasteiger partial charge in [-0.3, -0.25) is 0 Å². The predicted molar refractivity (Wildman–Crippen MR) is 128 cm³/mol. The summed E-state index contributed by atoms with van der Waals surface area (Å²) in [5.74, 6) is 2.32. The standard InChI is InChI=1S/C24H31ClN4O4S/c25-19-1-2-20-21(10-19)34(32,33)29(22(30)26-20)14-15-3-5-28(6-4-15)23(31)27-24-11-16-7-17(12-24)9-18(8-16)13-24/h1-2,10,15-18H,3-9,11-14H2,(H,26,30)(H,27,31). The first kappa shape index (κ1) is 22.5. The summed E-state index contributed by atoms with van der Waals surface area (Å²) in [6, 6.07) is 3.81. The average Bonchev–Trinajstić information content (AvgIpc) is 2.76. The molecule has 0 spiro atoms. The molecule has 34 heavy (non-hydrogen) atoms. The van der Waals surface area contributed by atoms with E-state index in [1.54, 1.807) is 6.07 Å². The summed E-state index contributed by atoms with van der Waals surface area (Å²) in [5.41, 5.74) is 0.235. The van der Waals surface area contributed by atoms with Crippen molar-refractivity contribution in [2.75, 3.05) is 25.0 Å². The normalized spacial score (nSPS) is 34.0. The lowest BCUT2D eigenvalue weighted by Gasteiger charge is -2.57. The Hall–Kier alpha value is -2.00. The fourth-order valence-corrected chi connectivity index (χ4v) is 9.34. The lowest BCUT2D eigenvalue weighted by Crippen LogP contribution is -2.62. The molecule has 4 bridgehead atoms. The highest BCUT2D eigenvalue weighted by atomic mass is 35.5. The zero-order valence-electron chi connectivity index (χ0n) is 19.1. The number of fused-ring (bicyclic) bond motifs is 1. The van der Waals surface area contributed by atoms with Crippen LogP contribution in [-0.4, -0.2) is 54.9 Å². The molecule has 2 heterocycles. The van der Waals surface area contributed by atoms with E-state index in [-0.39, 0.29) is 34.6 Å². The van der Waals surface area contributed by atoms with Crippen molar-refractivity contribution in [3.8, 4) is 0 Å². The van der Waals surface area contributed by atoms with E-state index in [4.69, 9.17) is 11.6 Å².